The fourth-order valence-corrected chi connectivity index (χ4v) is 3.14. The fraction of sp³-hybridized carbons (Fsp3) is 0.588. The number of anilines is 3. The van der Waals surface area contributed by atoms with Gasteiger partial charge in [0.05, 0.1) is 0 Å². The number of hydrogen-bond donors (Lipinski definition) is 4. The van der Waals surface area contributed by atoms with E-state index in [1.165, 1.54) is 12.5 Å². The summed E-state index contributed by atoms with van der Waals surface area (Å²) in [6.07, 6.45) is 4.44. The van der Waals surface area contributed by atoms with E-state index in [4.69, 9.17) is 0 Å². The Kier molecular flexibility index (Phi) is 5.37. The van der Waals surface area contributed by atoms with E-state index < -0.39 is 0 Å². The molecule has 1 aliphatic rings. The highest BCUT2D eigenvalue weighted by Crippen LogP contribution is 2.21. The minimum absolute atomic E-state index is 0.177. The van der Waals surface area contributed by atoms with Gasteiger partial charge < -0.3 is 15.5 Å². The highest BCUT2D eigenvalue weighted by atomic mass is 16.1. The summed E-state index contributed by atoms with van der Waals surface area (Å²) in [5, 5.41) is 13.5. The number of aryl methyl sites for hydroxylation is 1. The molecule has 3 heterocycles. The van der Waals surface area contributed by atoms with Crippen LogP contribution in [0, 0.1) is 6.92 Å². The van der Waals surface area contributed by atoms with Gasteiger partial charge in [-0.1, -0.05) is 13.3 Å². The van der Waals surface area contributed by atoms with E-state index in [2.05, 4.69) is 42.6 Å². The Hall–Kier alpha value is -2.35. The summed E-state index contributed by atoms with van der Waals surface area (Å²) < 4.78 is 0. The lowest BCUT2D eigenvalue weighted by Gasteiger charge is -2.35. The molecule has 0 radical (unpaired) electrons. The predicted octanol–water partition coefficient (Wildman–Crippen LogP) is 1.90. The van der Waals surface area contributed by atoms with Crippen LogP contribution in [0.5, 0.6) is 0 Å². The van der Waals surface area contributed by atoms with Crippen molar-refractivity contribution >= 4 is 17.6 Å². The second-order valence-electron chi connectivity index (χ2n) is 6.74. The van der Waals surface area contributed by atoms with Crippen molar-refractivity contribution in [1.29, 1.82) is 0 Å². The second-order valence-corrected chi connectivity index (χ2v) is 6.74. The van der Waals surface area contributed by atoms with Crippen LogP contribution in [-0.4, -0.2) is 45.8 Å². The summed E-state index contributed by atoms with van der Waals surface area (Å²) in [4.78, 5) is 21.6. The molecule has 3 rings (SSSR count). The summed E-state index contributed by atoms with van der Waals surface area (Å²) in [5.41, 5.74) is 0.768. The van der Waals surface area contributed by atoms with E-state index in [1.54, 1.807) is 0 Å². The fourth-order valence-electron chi connectivity index (χ4n) is 3.14. The summed E-state index contributed by atoms with van der Waals surface area (Å²) in [6, 6.07) is 4.23. The lowest BCUT2D eigenvalue weighted by molar-refractivity contribution is 0.318. The molecule has 1 saturated heterocycles. The number of aromatic nitrogens is 4. The zero-order valence-electron chi connectivity index (χ0n) is 15.1. The van der Waals surface area contributed by atoms with Gasteiger partial charge in [-0.25, -0.2) is 0 Å². The molecule has 2 aromatic rings. The van der Waals surface area contributed by atoms with E-state index >= 15 is 0 Å². The van der Waals surface area contributed by atoms with Gasteiger partial charge in [-0.3, -0.25) is 14.9 Å². The largest absolute Gasteiger partial charge is 0.342 e. The Morgan fingerprint density at radius 3 is 2.80 bits per heavy atom. The molecule has 1 aliphatic heterocycles. The maximum Gasteiger partial charge on any atom is 0.254 e. The van der Waals surface area contributed by atoms with Crippen LogP contribution in [0.3, 0.4) is 0 Å². The monoisotopic (exact) mass is 345 g/mol. The number of nitrogens with one attached hydrogen (secondary N) is 4. The average molecular weight is 345 g/mol. The number of hydrogen-bond acceptors (Lipinski definition) is 6. The van der Waals surface area contributed by atoms with Gasteiger partial charge in [0.15, 0.2) is 5.82 Å². The Morgan fingerprint density at radius 2 is 2.20 bits per heavy atom. The molecule has 1 fully saturated rings. The van der Waals surface area contributed by atoms with Gasteiger partial charge in [-0.05, 0) is 32.7 Å². The molecule has 136 valence electrons. The molecule has 8 nitrogen and oxygen atoms in total. The van der Waals surface area contributed by atoms with Crippen molar-refractivity contribution in [2.24, 2.45) is 0 Å². The van der Waals surface area contributed by atoms with Crippen LogP contribution >= 0.6 is 0 Å². The van der Waals surface area contributed by atoms with Crippen LogP contribution in [0.4, 0.5) is 17.6 Å². The average Bonchev–Trinajstić information content (AvgIpc) is 2.93. The number of nitrogens with zero attached hydrogens (tertiary/aromatic N) is 3. The topological polar surface area (TPSA) is 102 Å². The molecule has 0 aromatic carbocycles. The highest BCUT2D eigenvalue weighted by Gasteiger charge is 2.25. The van der Waals surface area contributed by atoms with E-state index in [1.807, 2.05) is 20.0 Å². The van der Waals surface area contributed by atoms with Gasteiger partial charge in [0, 0.05) is 37.0 Å². The molecular weight excluding hydrogens is 318 g/mol. The van der Waals surface area contributed by atoms with E-state index in [0.717, 1.165) is 31.5 Å². The lowest BCUT2D eigenvalue weighted by Crippen LogP contribution is -2.48. The molecule has 0 aliphatic carbocycles. The minimum atomic E-state index is -0.177. The van der Waals surface area contributed by atoms with Gasteiger partial charge in [0.25, 0.3) is 5.56 Å². The van der Waals surface area contributed by atoms with Crippen LogP contribution in [0.15, 0.2) is 16.9 Å². The lowest BCUT2D eigenvalue weighted by atomic mass is 9.95. The zero-order valence-corrected chi connectivity index (χ0v) is 15.1. The Labute approximate surface area is 147 Å². The second kappa shape index (κ2) is 7.69. The van der Waals surface area contributed by atoms with Gasteiger partial charge >= 0.3 is 0 Å². The van der Waals surface area contributed by atoms with Crippen molar-refractivity contribution in [3.63, 3.8) is 0 Å². The SMILES string of the molecule is CCCC(CC1CCN1)N(C)c1nc(Nc2cc(C)[nH]n2)cc(=O)[nH]1. The number of aromatic amines is 2. The molecule has 2 unspecified atom stereocenters. The zero-order chi connectivity index (χ0) is 17.8. The Bertz CT molecular complexity index is 749. The smallest absolute Gasteiger partial charge is 0.254 e. The molecule has 8 heteroatoms. The third kappa shape index (κ3) is 4.39. The first kappa shape index (κ1) is 17.5. The molecule has 0 saturated carbocycles. The number of H-pyrrole nitrogens is 2. The maximum atomic E-state index is 12.1. The molecule has 25 heavy (non-hydrogen) atoms. The Morgan fingerprint density at radius 1 is 1.40 bits per heavy atom. The van der Waals surface area contributed by atoms with Crippen molar-refractivity contribution < 1.29 is 0 Å². The van der Waals surface area contributed by atoms with Gasteiger partial charge in [0.1, 0.15) is 5.82 Å². The summed E-state index contributed by atoms with van der Waals surface area (Å²) >= 11 is 0. The van der Waals surface area contributed by atoms with Crippen LogP contribution in [0.1, 0.15) is 38.3 Å². The first-order valence-electron chi connectivity index (χ1n) is 8.91. The third-order valence-electron chi connectivity index (χ3n) is 4.68. The van der Waals surface area contributed by atoms with Crippen molar-refractivity contribution in [2.75, 3.05) is 23.8 Å². The van der Waals surface area contributed by atoms with E-state index in [9.17, 15) is 4.79 Å². The van der Waals surface area contributed by atoms with Gasteiger partial charge in [-0.15, -0.1) is 0 Å². The Balaban J connectivity index is 1.77. The summed E-state index contributed by atoms with van der Waals surface area (Å²) in [6.45, 7) is 5.21. The highest BCUT2D eigenvalue weighted by molar-refractivity contribution is 5.53. The van der Waals surface area contributed by atoms with E-state index in [-0.39, 0.29) is 5.56 Å². The molecule has 2 aromatic heterocycles. The molecule has 4 N–H and O–H groups in total. The van der Waals surface area contributed by atoms with Crippen LogP contribution < -0.4 is 21.1 Å². The quantitative estimate of drug-likeness (QED) is 0.583. The molecule has 0 spiro atoms. The maximum absolute atomic E-state index is 12.1. The van der Waals surface area contributed by atoms with Crippen LogP contribution in [-0.2, 0) is 0 Å². The standard InChI is InChI=1S/C17H27N7O/c1-4-5-13(9-12-6-7-18-12)24(3)17-20-14(10-16(25)21-17)19-15-8-11(2)22-23-15/h8,10,12-13,18H,4-7,9H2,1-3H3,(H3,19,20,21,22,23,25). The van der Waals surface area contributed by atoms with Crippen molar-refractivity contribution in [3.8, 4) is 0 Å². The molecule has 2 atom stereocenters. The minimum Gasteiger partial charge on any atom is -0.342 e. The summed E-state index contributed by atoms with van der Waals surface area (Å²) in [5.74, 6) is 1.72. The molecular formula is C17H27N7O. The third-order valence-corrected chi connectivity index (χ3v) is 4.68. The normalized spacial score (nSPS) is 17.8. The first-order valence-corrected chi connectivity index (χ1v) is 8.91. The van der Waals surface area contributed by atoms with Crippen LogP contribution in [0.2, 0.25) is 0 Å². The van der Waals surface area contributed by atoms with Crippen molar-refractivity contribution in [1.82, 2.24) is 25.5 Å². The van der Waals surface area contributed by atoms with E-state index in [0.29, 0.717) is 29.7 Å². The van der Waals surface area contributed by atoms with Gasteiger partial charge in [-0.2, -0.15) is 10.1 Å². The summed E-state index contributed by atoms with van der Waals surface area (Å²) in [7, 11) is 2.00. The van der Waals surface area contributed by atoms with Crippen molar-refractivity contribution in [3.05, 3.63) is 28.2 Å². The van der Waals surface area contributed by atoms with Crippen LogP contribution in [0.25, 0.3) is 0 Å². The molecule has 0 amide bonds. The van der Waals surface area contributed by atoms with Crippen molar-refractivity contribution in [2.45, 2.75) is 51.6 Å². The first-order chi connectivity index (χ1) is 12.0. The number of rotatable bonds is 8. The van der Waals surface area contributed by atoms with Gasteiger partial charge in [0.2, 0.25) is 5.95 Å². The predicted molar refractivity (Wildman–Crippen MR) is 99.6 cm³/mol. The molecule has 0 bridgehead atoms.